The smallest absolute Gasteiger partial charge is 0.123 e. The summed E-state index contributed by atoms with van der Waals surface area (Å²) in [7, 11) is 0. The van der Waals surface area contributed by atoms with Gasteiger partial charge in [0.2, 0.25) is 0 Å². The Labute approximate surface area is 147 Å². The second kappa shape index (κ2) is 6.85. The van der Waals surface area contributed by atoms with Gasteiger partial charge in [-0.05, 0) is 41.8 Å². The fraction of sp³-hybridized carbons (Fsp3) is 0.429. The van der Waals surface area contributed by atoms with Crippen LogP contribution in [-0.4, -0.2) is 10.7 Å². The van der Waals surface area contributed by atoms with E-state index >= 15 is 0 Å². The van der Waals surface area contributed by atoms with Crippen LogP contribution >= 0.6 is 0 Å². The van der Waals surface area contributed by atoms with Gasteiger partial charge in [0.15, 0.2) is 0 Å². The second-order valence-electron chi connectivity index (χ2n) is 7.15. The van der Waals surface area contributed by atoms with Crippen molar-refractivity contribution in [2.45, 2.75) is 44.9 Å². The summed E-state index contributed by atoms with van der Waals surface area (Å²) in [5.41, 5.74) is 1.02. The van der Waals surface area contributed by atoms with Crippen molar-refractivity contribution in [3.05, 3.63) is 71.3 Å². The lowest BCUT2D eigenvalue weighted by Gasteiger charge is -2.52. The van der Waals surface area contributed by atoms with Crippen molar-refractivity contribution in [1.29, 1.82) is 0 Å². The molecule has 1 saturated heterocycles. The number of nitrogens with one attached hydrogen (secondary N) is 1. The molecule has 2 aromatic carbocycles. The van der Waals surface area contributed by atoms with E-state index in [9.17, 15) is 13.9 Å². The van der Waals surface area contributed by atoms with Crippen molar-refractivity contribution in [3.8, 4) is 0 Å². The monoisotopic (exact) mass is 345 g/mol. The van der Waals surface area contributed by atoms with Gasteiger partial charge in [0, 0.05) is 23.9 Å². The molecule has 4 atom stereocenters. The molecule has 1 aliphatic heterocycles. The molecule has 2 aromatic rings. The van der Waals surface area contributed by atoms with Crippen LogP contribution in [0.25, 0.3) is 0 Å². The Morgan fingerprint density at radius 2 is 1.20 bits per heavy atom. The molecular weight excluding hydrogens is 320 g/mol. The number of rotatable bonds is 3. The van der Waals surface area contributed by atoms with Gasteiger partial charge in [0.1, 0.15) is 11.6 Å². The summed E-state index contributed by atoms with van der Waals surface area (Å²) in [6, 6.07) is 12.6. The van der Waals surface area contributed by atoms with Crippen molar-refractivity contribution < 1.29 is 13.9 Å². The van der Waals surface area contributed by atoms with Crippen molar-refractivity contribution in [2.24, 2.45) is 11.8 Å². The molecule has 2 nitrogen and oxygen atoms in total. The Kier molecular flexibility index (Phi) is 4.94. The zero-order chi connectivity index (χ0) is 18.2. The Balaban J connectivity index is 2.01. The molecule has 3 rings (SSSR count). The van der Waals surface area contributed by atoms with Crippen LogP contribution in [0, 0.1) is 23.5 Å². The highest BCUT2D eigenvalue weighted by Gasteiger charge is 2.50. The molecule has 0 aliphatic carbocycles. The van der Waals surface area contributed by atoms with Gasteiger partial charge in [0.05, 0.1) is 5.60 Å². The number of aliphatic hydroxyl groups is 1. The maximum atomic E-state index is 13.3. The third kappa shape index (κ3) is 3.21. The lowest BCUT2D eigenvalue weighted by Crippen LogP contribution is -2.57. The van der Waals surface area contributed by atoms with Gasteiger partial charge in [-0.15, -0.1) is 0 Å². The van der Waals surface area contributed by atoms with Crippen molar-refractivity contribution in [2.75, 3.05) is 0 Å². The van der Waals surface area contributed by atoms with Crippen molar-refractivity contribution in [3.63, 3.8) is 0 Å². The highest BCUT2D eigenvalue weighted by atomic mass is 19.1. The van der Waals surface area contributed by atoms with Crippen LogP contribution in [-0.2, 0) is 0 Å². The molecule has 1 fully saturated rings. The van der Waals surface area contributed by atoms with E-state index in [-0.39, 0.29) is 35.6 Å². The summed E-state index contributed by atoms with van der Waals surface area (Å²) in [6.45, 7) is 6.05. The molecule has 0 radical (unpaired) electrons. The predicted octanol–water partition coefficient (Wildman–Crippen LogP) is 4.76. The van der Waals surface area contributed by atoms with Crippen LogP contribution in [0.2, 0.25) is 0 Å². The first-order valence-electron chi connectivity index (χ1n) is 8.86. The molecule has 25 heavy (non-hydrogen) atoms. The first kappa shape index (κ1) is 18.0. The molecule has 0 amide bonds. The average Bonchev–Trinajstić information content (AvgIpc) is 2.62. The zero-order valence-corrected chi connectivity index (χ0v) is 14.8. The van der Waals surface area contributed by atoms with E-state index in [0.29, 0.717) is 6.42 Å². The first-order chi connectivity index (χ1) is 11.9. The highest BCUT2D eigenvalue weighted by molar-refractivity contribution is 5.28. The van der Waals surface area contributed by atoms with E-state index < -0.39 is 5.60 Å². The molecule has 134 valence electrons. The zero-order valence-electron chi connectivity index (χ0n) is 14.8. The topological polar surface area (TPSA) is 32.3 Å². The van der Waals surface area contributed by atoms with Crippen molar-refractivity contribution in [1.82, 2.24) is 5.32 Å². The molecule has 0 aromatic heterocycles. The summed E-state index contributed by atoms with van der Waals surface area (Å²) >= 11 is 0. The van der Waals surface area contributed by atoms with Gasteiger partial charge in [0.25, 0.3) is 0 Å². The minimum atomic E-state index is -0.872. The Morgan fingerprint density at radius 1 is 0.840 bits per heavy atom. The summed E-state index contributed by atoms with van der Waals surface area (Å²) in [6.07, 6.45) is 0.617. The molecule has 0 spiro atoms. The average molecular weight is 345 g/mol. The first-order valence-corrected chi connectivity index (χ1v) is 8.86. The molecule has 1 heterocycles. The number of halogens is 2. The second-order valence-corrected chi connectivity index (χ2v) is 7.15. The van der Waals surface area contributed by atoms with E-state index in [1.807, 2.05) is 20.8 Å². The number of piperidine rings is 1. The van der Waals surface area contributed by atoms with Gasteiger partial charge in [-0.25, -0.2) is 8.78 Å². The molecule has 0 bridgehead atoms. The normalized spacial score (nSPS) is 32.6. The Morgan fingerprint density at radius 3 is 1.52 bits per heavy atom. The molecule has 0 saturated carbocycles. The maximum absolute atomic E-state index is 13.3. The predicted molar refractivity (Wildman–Crippen MR) is 95.0 cm³/mol. The van der Waals surface area contributed by atoms with Gasteiger partial charge >= 0.3 is 0 Å². The van der Waals surface area contributed by atoms with E-state index in [0.717, 1.165) is 11.1 Å². The van der Waals surface area contributed by atoms with Crippen LogP contribution in [0.1, 0.15) is 50.4 Å². The molecular formula is C21H25F2NO. The minimum Gasteiger partial charge on any atom is -0.389 e. The van der Waals surface area contributed by atoms with E-state index in [2.05, 4.69) is 5.32 Å². The van der Waals surface area contributed by atoms with Gasteiger partial charge in [-0.2, -0.15) is 0 Å². The third-order valence-corrected chi connectivity index (χ3v) is 5.96. The summed E-state index contributed by atoms with van der Waals surface area (Å²) < 4.78 is 26.6. The molecule has 4 unspecified atom stereocenters. The number of hydrogen-bond acceptors (Lipinski definition) is 2. The Hall–Kier alpha value is -1.78. The summed E-state index contributed by atoms with van der Waals surface area (Å²) in [5, 5.41) is 15.0. The van der Waals surface area contributed by atoms with Crippen LogP contribution in [0.5, 0.6) is 0 Å². The fourth-order valence-corrected chi connectivity index (χ4v) is 4.23. The lowest BCUT2D eigenvalue weighted by molar-refractivity contribution is -0.113. The van der Waals surface area contributed by atoms with Crippen LogP contribution in [0.4, 0.5) is 8.78 Å². The Bertz CT molecular complexity index is 656. The van der Waals surface area contributed by atoms with Gasteiger partial charge in [-0.1, -0.05) is 45.0 Å². The third-order valence-electron chi connectivity index (χ3n) is 5.96. The van der Waals surface area contributed by atoms with E-state index in [1.54, 1.807) is 24.3 Å². The van der Waals surface area contributed by atoms with Crippen LogP contribution < -0.4 is 5.32 Å². The standard InChI is InChI=1S/C21H25F2NO/c1-4-21(25)13(2)19(15-5-9-17(22)10-6-15)24-20(14(21)3)16-7-11-18(23)12-8-16/h5-14,19-20,24-25H,4H2,1-3H3. The molecule has 1 aliphatic rings. The summed E-state index contributed by atoms with van der Waals surface area (Å²) in [5.74, 6) is -0.646. The maximum Gasteiger partial charge on any atom is 0.123 e. The van der Waals surface area contributed by atoms with Crippen LogP contribution in [0.15, 0.2) is 48.5 Å². The van der Waals surface area contributed by atoms with Crippen molar-refractivity contribution >= 4 is 0 Å². The fourth-order valence-electron chi connectivity index (χ4n) is 4.23. The SMILES string of the molecule is CCC1(O)C(C)C(c2ccc(F)cc2)NC(c2ccc(F)cc2)C1C. The summed E-state index contributed by atoms with van der Waals surface area (Å²) in [4.78, 5) is 0. The quantitative estimate of drug-likeness (QED) is 0.840. The number of hydrogen-bond donors (Lipinski definition) is 2. The van der Waals surface area contributed by atoms with Gasteiger partial charge < -0.3 is 10.4 Å². The van der Waals surface area contributed by atoms with E-state index in [1.165, 1.54) is 24.3 Å². The largest absolute Gasteiger partial charge is 0.389 e. The van der Waals surface area contributed by atoms with E-state index in [4.69, 9.17) is 0 Å². The molecule has 2 N–H and O–H groups in total. The highest BCUT2D eigenvalue weighted by Crippen LogP contribution is 2.48. The number of benzene rings is 2. The van der Waals surface area contributed by atoms with Crippen LogP contribution in [0.3, 0.4) is 0 Å². The minimum absolute atomic E-state index is 0.0466. The van der Waals surface area contributed by atoms with Gasteiger partial charge in [-0.3, -0.25) is 0 Å². The lowest BCUT2D eigenvalue weighted by atomic mass is 9.65. The molecule has 4 heteroatoms.